The Morgan fingerprint density at radius 1 is 1.53 bits per heavy atom. The molecule has 1 aromatic rings. The third kappa shape index (κ3) is 2.06. The Balaban J connectivity index is 1.91. The SMILES string of the molecule is Cc1ccnc(N2CC[C@]3(CCOC3)C2)c1[N+](=O)[O-]. The zero-order chi connectivity index (χ0) is 13.5. The molecule has 6 heteroatoms. The number of hydrogen-bond acceptors (Lipinski definition) is 5. The van der Waals surface area contributed by atoms with Crippen molar-refractivity contribution in [2.75, 3.05) is 31.2 Å². The lowest BCUT2D eigenvalue weighted by molar-refractivity contribution is -0.384. The molecule has 19 heavy (non-hydrogen) atoms. The topological polar surface area (TPSA) is 68.5 Å². The minimum Gasteiger partial charge on any atom is -0.381 e. The summed E-state index contributed by atoms with van der Waals surface area (Å²) in [4.78, 5) is 17.2. The van der Waals surface area contributed by atoms with E-state index >= 15 is 0 Å². The Labute approximate surface area is 111 Å². The van der Waals surface area contributed by atoms with Crippen LogP contribution in [0.1, 0.15) is 18.4 Å². The maximum atomic E-state index is 11.2. The predicted octanol–water partition coefficient (Wildman–Crippen LogP) is 1.92. The van der Waals surface area contributed by atoms with E-state index in [2.05, 4.69) is 4.98 Å². The summed E-state index contributed by atoms with van der Waals surface area (Å²) in [6.45, 7) is 4.96. The first-order valence-electron chi connectivity index (χ1n) is 6.54. The molecule has 2 aliphatic heterocycles. The molecule has 1 atom stereocenters. The van der Waals surface area contributed by atoms with Gasteiger partial charge in [-0.05, 0) is 25.8 Å². The molecule has 1 aromatic heterocycles. The van der Waals surface area contributed by atoms with E-state index in [9.17, 15) is 10.1 Å². The van der Waals surface area contributed by atoms with Gasteiger partial charge in [-0.3, -0.25) is 10.1 Å². The van der Waals surface area contributed by atoms with Gasteiger partial charge in [0.15, 0.2) is 0 Å². The van der Waals surface area contributed by atoms with E-state index in [4.69, 9.17) is 4.74 Å². The Hall–Kier alpha value is -1.69. The van der Waals surface area contributed by atoms with E-state index in [0.717, 1.165) is 39.1 Å². The van der Waals surface area contributed by atoms with E-state index in [1.54, 1.807) is 19.2 Å². The van der Waals surface area contributed by atoms with Gasteiger partial charge in [0.1, 0.15) is 0 Å². The van der Waals surface area contributed by atoms with Crippen molar-refractivity contribution in [3.05, 3.63) is 27.9 Å². The molecule has 2 aliphatic rings. The first kappa shape index (κ1) is 12.3. The summed E-state index contributed by atoms with van der Waals surface area (Å²) in [6, 6.07) is 1.69. The molecule has 0 saturated carbocycles. The van der Waals surface area contributed by atoms with Gasteiger partial charge in [0.25, 0.3) is 0 Å². The molecule has 0 unspecified atom stereocenters. The number of rotatable bonds is 2. The summed E-state index contributed by atoms with van der Waals surface area (Å²) in [5, 5.41) is 11.2. The van der Waals surface area contributed by atoms with Gasteiger partial charge in [-0.2, -0.15) is 0 Å². The second-order valence-electron chi connectivity index (χ2n) is 5.53. The first-order valence-corrected chi connectivity index (χ1v) is 6.54. The fourth-order valence-corrected chi connectivity index (χ4v) is 3.08. The van der Waals surface area contributed by atoms with E-state index in [1.165, 1.54) is 0 Å². The highest BCUT2D eigenvalue weighted by molar-refractivity contribution is 5.62. The number of hydrogen-bond donors (Lipinski definition) is 0. The highest BCUT2D eigenvalue weighted by Gasteiger charge is 2.43. The lowest BCUT2D eigenvalue weighted by Crippen LogP contribution is -2.28. The second-order valence-corrected chi connectivity index (χ2v) is 5.53. The highest BCUT2D eigenvalue weighted by Crippen LogP contribution is 2.41. The number of ether oxygens (including phenoxy) is 1. The van der Waals surface area contributed by atoms with Crippen molar-refractivity contribution in [2.24, 2.45) is 5.41 Å². The van der Waals surface area contributed by atoms with Gasteiger partial charge in [-0.1, -0.05) is 0 Å². The van der Waals surface area contributed by atoms with Crippen LogP contribution in [0, 0.1) is 22.5 Å². The molecule has 0 aromatic carbocycles. The zero-order valence-corrected chi connectivity index (χ0v) is 11.0. The standard InChI is InChI=1S/C13H17N3O3/c1-10-2-5-14-12(11(10)16(17)18)15-6-3-13(8-15)4-7-19-9-13/h2,5H,3-4,6-9H2,1H3/t13-/m0/s1. The molecule has 3 heterocycles. The fraction of sp³-hybridized carbons (Fsp3) is 0.615. The monoisotopic (exact) mass is 263 g/mol. The Kier molecular flexibility index (Phi) is 2.89. The molecule has 6 nitrogen and oxygen atoms in total. The van der Waals surface area contributed by atoms with Gasteiger partial charge < -0.3 is 9.64 Å². The summed E-state index contributed by atoms with van der Waals surface area (Å²) < 4.78 is 5.49. The van der Waals surface area contributed by atoms with Crippen LogP contribution in [0.25, 0.3) is 0 Å². The van der Waals surface area contributed by atoms with Crippen LogP contribution in [0.2, 0.25) is 0 Å². The van der Waals surface area contributed by atoms with Crippen LogP contribution < -0.4 is 4.90 Å². The number of anilines is 1. The van der Waals surface area contributed by atoms with Crippen LogP contribution in [0.5, 0.6) is 0 Å². The van der Waals surface area contributed by atoms with Gasteiger partial charge in [0, 0.05) is 36.9 Å². The molecule has 2 saturated heterocycles. The van der Waals surface area contributed by atoms with Crippen molar-refractivity contribution in [1.82, 2.24) is 4.98 Å². The number of aryl methyl sites for hydroxylation is 1. The van der Waals surface area contributed by atoms with Crippen molar-refractivity contribution in [1.29, 1.82) is 0 Å². The van der Waals surface area contributed by atoms with Crippen LogP contribution in [-0.2, 0) is 4.74 Å². The fourth-order valence-electron chi connectivity index (χ4n) is 3.08. The van der Waals surface area contributed by atoms with Crippen LogP contribution in [0.4, 0.5) is 11.5 Å². The number of nitrogens with zero attached hydrogens (tertiary/aromatic N) is 3. The number of pyridine rings is 1. The molecule has 0 bridgehead atoms. The van der Waals surface area contributed by atoms with Crippen molar-refractivity contribution in [3.8, 4) is 0 Å². The number of nitro groups is 1. The average molecular weight is 263 g/mol. The lowest BCUT2D eigenvalue weighted by Gasteiger charge is -2.22. The molecule has 1 spiro atoms. The molecular formula is C13H17N3O3. The van der Waals surface area contributed by atoms with Crippen LogP contribution in [0.3, 0.4) is 0 Å². The summed E-state index contributed by atoms with van der Waals surface area (Å²) in [6.07, 6.45) is 3.72. The van der Waals surface area contributed by atoms with E-state index in [0.29, 0.717) is 11.4 Å². The highest BCUT2D eigenvalue weighted by atomic mass is 16.6. The minimum absolute atomic E-state index is 0.137. The van der Waals surface area contributed by atoms with E-state index < -0.39 is 0 Å². The van der Waals surface area contributed by atoms with Gasteiger partial charge >= 0.3 is 5.69 Å². The molecular weight excluding hydrogens is 246 g/mol. The van der Waals surface area contributed by atoms with Crippen molar-refractivity contribution in [3.63, 3.8) is 0 Å². The molecule has 0 N–H and O–H groups in total. The summed E-state index contributed by atoms with van der Waals surface area (Å²) in [5.74, 6) is 0.508. The van der Waals surface area contributed by atoms with Gasteiger partial charge in [0.05, 0.1) is 11.5 Å². The summed E-state index contributed by atoms with van der Waals surface area (Å²) >= 11 is 0. The third-order valence-electron chi connectivity index (χ3n) is 4.21. The van der Waals surface area contributed by atoms with E-state index in [-0.39, 0.29) is 16.0 Å². The second kappa shape index (κ2) is 4.45. The normalized spacial score (nSPS) is 26.3. The van der Waals surface area contributed by atoms with Crippen LogP contribution in [-0.4, -0.2) is 36.2 Å². The van der Waals surface area contributed by atoms with Gasteiger partial charge in [0.2, 0.25) is 5.82 Å². The molecule has 3 rings (SSSR count). The smallest absolute Gasteiger partial charge is 0.314 e. The van der Waals surface area contributed by atoms with E-state index in [1.807, 2.05) is 4.90 Å². The summed E-state index contributed by atoms with van der Waals surface area (Å²) in [5.41, 5.74) is 0.983. The van der Waals surface area contributed by atoms with Gasteiger partial charge in [-0.15, -0.1) is 0 Å². The van der Waals surface area contributed by atoms with Crippen molar-refractivity contribution in [2.45, 2.75) is 19.8 Å². The number of aromatic nitrogens is 1. The Morgan fingerprint density at radius 3 is 3.05 bits per heavy atom. The first-order chi connectivity index (χ1) is 9.11. The van der Waals surface area contributed by atoms with Gasteiger partial charge in [-0.25, -0.2) is 4.98 Å². The maximum Gasteiger partial charge on any atom is 0.314 e. The molecule has 102 valence electrons. The molecule has 0 aliphatic carbocycles. The molecule has 0 amide bonds. The Bertz CT molecular complexity index is 512. The third-order valence-corrected chi connectivity index (χ3v) is 4.21. The maximum absolute atomic E-state index is 11.2. The quantitative estimate of drug-likeness (QED) is 0.602. The minimum atomic E-state index is -0.326. The van der Waals surface area contributed by atoms with Crippen LogP contribution in [0.15, 0.2) is 12.3 Å². The average Bonchev–Trinajstić information content (AvgIpc) is 2.99. The van der Waals surface area contributed by atoms with Crippen molar-refractivity contribution >= 4 is 11.5 Å². The predicted molar refractivity (Wildman–Crippen MR) is 70.3 cm³/mol. The molecule has 0 radical (unpaired) electrons. The van der Waals surface area contributed by atoms with Crippen LogP contribution >= 0.6 is 0 Å². The zero-order valence-electron chi connectivity index (χ0n) is 11.0. The van der Waals surface area contributed by atoms with Crippen molar-refractivity contribution < 1.29 is 9.66 Å². The largest absolute Gasteiger partial charge is 0.381 e. The lowest BCUT2D eigenvalue weighted by atomic mass is 9.87. The molecule has 2 fully saturated rings. The summed E-state index contributed by atoms with van der Waals surface area (Å²) in [7, 11) is 0. The Morgan fingerprint density at radius 2 is 2.37 bits per heavy atom.